The highest BCUT2D eigenvalue weighted by molar-refractivity contribution is 5.68. The topological polar surface area (TPSA) is 40.5 Å². The molecule has 1 N–H and O–H groups in total. The first-order valence-electron chi connectivity index (χ1n) is 7.04. The molecule has 0 atom stereocenters. The van der Waals surface area contributed by atoms with Crippen LogP contribution in [0.4, 0.5) is 0 Å². The minimum absolute atomic E-state index is 0.0577. The molecule has 1 rings (SSSR count). The van der Waals surface area contributed by atoms with E-state index in [1.54, 1.807) is 0 Å². The van der Waals surface area contributed by atoms with Gasteiger partial charge in [0.1, 0.15) is 0 Å². The molecule has 1 aliphatic rings. The van der Waals surface area contributed by atoms with Crippen molar-refractivity contribution in [2.75, 3.05) is 13.6 Å². The minimum Gasteiger partial charge on any atom is -0.481 e. The molecule has 3 nitrogen and oxygen atoms in total. The minimum atomic E-state index is -0.644. The Hall–Kier alpha value is -0.570. The maximum absolute atomic E-state index is 11.1. The van der Waals surface area contributed by atoms with E-state index in [1.165, 1.54) is 38.5 Å². The van der Waals surface area contributed by atoms with E-state index in [9.17, 15) is 4.79 Å². The molecule has 0 saturated heterocycles. The van der Waals surface area contributed by atoms with Crippen molar-refractivity contribution in [3.8, 4) is 0 Å². The number of nitrogens with zero attached hydrogens (tertiary/aromatic N) is 1. The van der Waals surface area contributed by atoms with Gasteiger partial charge in [0.2, 0.25) is 0 Å². The van der Waals surface area contributed by atoms with E-state index in [0.29, 0.717) is 6.42 Å². The van der Waals surface area contributed by atoms with Crippen LogP contribution in [-0.2, 0) is 4.79 Å². The number of carboxylic acid groups (broad SMARTS) is 1. The molecule has 0 aromatic heterocycles. The zero-order valence-electron chi connectivity index (χ0n) is 11.4. The Labute approximate surface area is 105 Å². The van der Waals surface area contributed by atoms with Crippen LogP contribution < -0.4 is 0 Å². The molecule has 1 fully saturated rings. The van der Waals surface area contributed by atoms with Crippen molar-refractivity contribution in [1.29, 1.82) is 0 Å². The molecule has 0 aromatic carbocycles. The lowest BCUT2D eigenvalue weighted by molar-refractivity contribution is -0.141. The van der Waals surface area contributed by atoms with Crippen LogP contribution in [0.15, 0.2) is 0 Å². The summed E-state index contributed by atoms with van der Waals surface area (Å²) in [5, 5.41) is 9.12. The summed E-state index contributed by atoms with van der Waals surface area (Å²) in [5.41, 5.74) is -0.0577. The van der Waals surface area contributed by atoms with Gasteiger partial charge in [-0.05, 0) is 32.9 Å². The Morgan fingerprint density at radius 1 is 1.24 bits per heavy atom. The number of hydrogen-bond donors (Lipinski definition) is 1. The molecule has 0 aromatic rings. The van der Waals surface area contributed by atoms with Crippen LogP contribution in [0.25, 0.3) is 0 Å². The van der Waals surface area contributed by atoms with Crippen LogP contribution in [0.3, 0.4) is 0 Å². The lowest BCUT2D eigenvalue weighted by Crippen LogP contribution is -2.49. The normalized spacial score (nSPS) is 19.5. The summed E-state index contributed by atoms with van der Waals surface area (Å²) in [5.74, 6) is -0.644. The van der Waals surface area contributed by atoms with Crippen LogP contribution >= 0.6 is 0 Å². The number of aliphatic carboxylic acids is 1. The van der Waals surface area contributed by atoms with Gasteiger partial charge >= 0.3 is 5.97 Å². The molecule has 17 heavy (non-hydrogen) atoms. The molecular weight excluding hydrogens is 214 g/mol. The summed E-state index contributed by atoms with van der Waals surface area (Å²) in [6.45, 7) is 3.24. The molecule has 100 valence electrons. The number of unbranched alkanes of at least 4 members (excludes halogenated alkanes) is 2. The van der Waals surface area contributed by atoms with Crippen molar-refractivity contribution >= 4 is 5.97 Å². The molecule has 0 spiro atoms. The van der Waals surface area contributed by atoms with Crippen molar-refractivity contribution in [3.63, 3.8) is 0 Å². The second-order valence-electron chi connectivity index (χ2n) is 5.48. The van der Waals surface area contributed by atoms with Gasteiger partial charge in [-0.1, -0.05) is 39.0 Å². The molecule has 0 unspecified atom stereocenters. The van der Waals surface area contributed by atoms with Crippen LogP contribution in [0.5, 0.6) is 0 Å². The van der Waals surface area contributed by atoms with Crippen LogP contribution in [0, 0.1) is 0 Å². The molecule has 0 aliphatic heterocycles. The molecule has 0 bridgehead atoms. The first-order chi connectivity index (χ1) is 8.10. The number of carboxylic acids is 1. The second-order valence-corrected chi connectivity index (χ2v) is 5.48. The van der Waals surface area contributed by atoms with Crippen molar-refractivity contribution in [1.82, 2.24) is 4.90 Å². The lowest BCUT2D eigenvalue weighted by Gasteiger charge is -2.44. The number of rotatable bonds is 7. The summed E-state index contributed by atoms with van der Waals surface area (Å²) >= 11 is 0. The van der Waals surface area contributed by atoms with E-state index >= 15 is 0 Å². The Kier molecular flexibility index (Phi) is 5.96. The van der Waals surface area contributed by atoms with Crippen molar-refractivity contribution in [2.45, 2.75) is 70.3 Å². The van der Waals surface area contributed by atoms with E-state index in [4.69, 9.17) is 5.11 Å². The van der Waals surface area contributed by atoms with Gasteiger partial charge in [-0.15, -0.1) is 0 Å². The predicted octanol–water partition coefficient (Wildman–Crippen LogP) is 3.29. The number of carbonyl (C=O) groups is 1. The van der Waals surface area contributed by atoms with E-state index < -0.39 is 5.97 Å². The van der Waals surface area contributed by atoms with Gasteiger partial charge < -0.3 is 10.0 Å². The third-order valence-corrected chi connectivity index (χ3v) is 4.17. The van der Waals surface area contributed by atoms with E-state index in [0.717, 1.165) is 19.4 Å². The third kappa shape index (κ3) is 4.30. The van der Waals surface area contributed by atoms with E-state index in [2.05, 4.69) is 18.9 Å². The van der Waals surface area contributed by atoms with E-state index in [-0.39, 0.29) is 5.54 Å². The molecule has 3 heteroatoms. The third-order valence-electron chi connectivity index (χ3n) is 4.17. The Balaban J connectivity index is 2.57. The van der Waals surface area contributed by atoms with Gasteiger partial charge in [0, 0.05) is 5.54 Å². The van der Waals surface area contributed by atoms with Crippen LogP contribution in [0.2, 0.25) is 0 Å². The quantitative estimate of drug-likeness (QED) is 0.695. The first-order valence-corrected chi connectivity index (χ1v) is 7.04. The maximum Gasteiger partial charge on any atom is 0.305 e. The Morgan fingerprint density at radius 2 is 1.88 bits per heavy atom. The summed E-state index contributed by atoms with van der Waals surface area (Å²) < 4.78 is 0. The summed E-state index contributed by atoms with van der Waals surface area (Å²) in [6, 6.07) is 0. The standard InChI is InChI=1S/C14H27NO2/c1-3-4-8-11-15(2)14(12-13(16)17)9-6-5-7-10-14/h3-12H2,1-2H3,(H,16,17). The maximum atomic E-state index is 11.1. The summed E-state index contributed by atoms with van der Waals surface area (Å²) in [4.78, 5) is 13.4. The highest BCUT2D eigenvalue weighted by atomic mass is 16.4. The second kappa shape index (κ2) is 7.00. The highest BCUT2D eigenvalue weighted by Gasteiger charge is 2.37. The molecule has 1 aliphatic carbocycles. The zero-order valence-corrected chi connectivity index (χ0v) is 11.4. The van der Waals surface area contributed by atoms with E-state index in [1.807, 2.05) is 0 Å². The van der Waals surface area contributed by atoms with Gasteiger partial charge in [0.25, 0.3) is 0 Å². The number of hydrogen-bond acceptors (Lipinski definition) is 2. The zero-order chi connectivity index (χ0) is 12.7. The fraction of sp³-hybridized carbons (Fsp3) is 0.929. The van der Waals surface area contributed by atoms with Gasteiger partial charge in [0.15, 0.2) is 0 Å². The Morgan fingerprint density at radius 3 is 2.41 bits per heavy atom. The fourth-order valence-corrected chi connectivity index (χ4v) is 3.02. The molecule has 0 heterocycles. The van der Waals surface area contributed by atoms with Crippen LogP contribution in [-0.4, -0.2) is 35.1 Å². The van der Waals surface area contributed by atoms with Crippen molar-refractivity contribution < 1.29 is 9.90 Å². The fourth-order valence-electron chi connectivity index (χ4n) is 3.02. The average Bonchev–Trinajstić information content (AvgIpc) is 2.29. The predicted molar refractivity (Wildman–Crippen MR) is 70.2 cm³/mol. The smallest absolute Gasteiger partial charge is 0.305 e. The van der Waals surface area contributed by atoms with Crippen molar-refractivity contribution in [2.24, 2.45) is 0 Å². The average molecular weight is 241 g/mol. The molecular formula is C14H27NO2. The Bertz CT molecular complexity index is 234. The summed E-state index contributed by atoms with van der Waals surface area (Å²) in [7, 11) is 2.11. The lowest BCUT2D eigenvalue weighted by atomic mass is 9.78. The first kappa shape index (κ1) is 14.5. The van der Waals surface area contributed by atoms with Crippen molar-refractivity contribution in [3.05, 3.63) is 0 Å². The molecule has 0 amide bonds. The van der Waals surface area contributed by atoms with Crippen LogP contribution in [0.1, 0.15) is 64.7 Å². The van der Waals surface area contributed by atoms with Gasteiger partial charge in [-0.2, -0.15) is 0 Å². The molecule has 1 saturated carbocycles. The SMILES string of the molecule is CCCCCN(C)C1(CC(=O)O)CCCCC1. The summed E-state index contributed by atoms with van der Waals surface area (Å²) in [6.07, 6.45) is 9.72. The highest BCUT2D eigenvalue weighted by Crippen LogP contribution is 2.35. The molecule has 0 radical (unpaired) electrons. The van der Waals surface area contributed by atoms with Gasteiger partial charge in [-0.25, -0.2) is 0 Å². The van der Waals surface area contributed by atoms with Gasteiger partial charge in [0.05, 0.1) is 6.42 Å². The van der Waals surface area contributed by atoms with Gasteiger partial charge in [-0.3, -0.25) is 4.79 Å². The largest absolute Gasteiger partial charge is 0.481 e. The monoisotopic (exact) mass is 241 g/mol.